The molecule has 0 bridgehead atoms. The molecule has 0 saturated heterocycles. The molecule has 3 rings (SSSR count). The number of amides is 1. The van der Waals surface area contributed by atoms with Gasteiger partial charge in [0.1, 0.15) is 12.4 Å². The number of nitrogens with one attached hydrogen (secondary N) is 1. The van der Waals surface area contributed by atoms with Crippen molar-refractivity contribution >= 4 is 16.9 Å². The minimum atomic E-state index is -0.279. The summed E-state index contributed by atoms with van der Waals surface area (Å²) in [6.07, 6.45) is 0. The van der Waals surface area contributed by atoms with E-state index in [4.69, 9.17) is 13.9 Å². The van der Waals surface area contributed by atoms with Crippen LogP contribution in [-0.4, -0.2) is 25.7 Å². The van der Waals surface area contributed by atoms with E-state index < -0.39 is 0 Å². The van der Waals surface area contributed by atoms with Crippen molar-refractivity contribution in [2.45, 2.75) is 19.9 Å². The third-order valence-electron chi connectivity index (χ3n) is 3.91. The van der Waals surface area contributed by atoms with Gasteiger partial charge in [0.15, 0.2) is 17.1 Å². The van der Waals surface area contributed by atoms with Crippen LogP contribution >= 0.6 is 0 Å². The molecular weight excluding hydrogens is 318 g/mol. The Kier molecular flexibility index (Phi) is 4.93. The van der Waals surface area contributed by atoms with Gasteiger partial charge in [0, 0.05) is 5.39 Å². The minimum absolute atomic E-state index is 0.165. The summed E-state index contributed by atoms with van der Waals surface area (Å²) in [4.78, 5) is 12.4. The zero-order chi connectivity index (χ0) is 17.8. The monoisotopic (exact) mass is 339 g/mol. The first-order valence-electron chi connectivity index (χ1n) is 8.14. The Morgan fingerprint density at radius 3 is 2.68 bits per heavy atom. The number of ether oxygens (including phenoxy) is 2. The first-order valence-corrected chi connectivity index (χ1v) is 8.14. The van der Waals surface area contributed by atoms with E-state index in [1.807, 2.05) is 50.2 Å². The van der Waals surface area contributed by atoms with Crippen molar-refractivity contribution < 1.29 is 18.7 Å². The number of methoxy groups -OCH3 is 1. The van der Waals surface area contributed by atoms with Gasteiger partial charge < -0.3 is 19.2 Å². The third-order valence-corrected chi connectivity index (χ3v) is 3.91. The van der Waals surface area contributed by atoms with E-state index in [-0.39, 0.29) is 17.7 Å². The summed E-state index contributed by atoms with van der Waals surface area (Å²) < 4.78 is 16.7. The SMILES string of the molecule is COc1cccc2cc(C(=O)NC(C)COc3ccccc3C)oc12. The predicted octanol–water partition coefficient (Wildman–Crippen LogP) is 3.95. The van der Waals surface area contributed by atoms with Gasteiger partial charge in [-0.05, 0) is 37.6 Å². The van der Waals surface area contributed by atoms with Gasteiger partial charge in [-0.25, -0.2) is 0 Å². The average Bonchev–Trinajstić information content (AvgIpc) is 3.05. The normalized spacial score (nSPS) is 12.0. The second-order valence-electron chi connectivity index (χ2n) is 5.94. The molecule has 130 valence electrons. The van der Waals surface area contributed by atoms with E-state index in [0.717, 1.165) is 16.7 Å². The second-order valence-corrected chi connectivity index (χ2v) is 5.94. The van der Waals surface area contributed by atoms with Gasteiger partial charge in [0.25, 0.3) is 5.91 Å². The summed E-state index contributed by atoms with van der Waals surface area (Å²) in [6.45, 7) is 4.25. The van der Waals surface area contributed by atoms with Crippen LogP contribution in [0, 0.1) is 6.92 Å². The standard InChI is InChI=1S/C20H21NO4/c1-13-7-4-5-9-16(13)24-12-14(2)21-20(22)18-11-15-8-6-10-17(23-3)19(15)25-18/h4-11,14H,12H2,1-3H3,(H,21,22). The fourth-order valence-electron chi connectivity index (χ4n) is 2.58. The van der Waals surface area contributed by atoms with Crippen LogP contribution in [0.1, 0.15) is 23.0 Å². The molecule has 25 heavy (non-hydrogen) atoms. The summed E-state index contributed by atoms with van der Waals surface area (Å²) in [5, 5.41) is 3.71. The molecule has 1 aromatic heterocycles. The molecule has 0 saturated carbocycles. The molecule has 1 atom stereocenters. The molecule has 0 aliphatic rings. The Labute approximate surface area is 146 Å². The molecule has 0 aliphatic heterocycles. The number of benzene rings is 2. The third kappa shape index (κ3) is 3.76. The van der Waals surface area contributed by atoms with Gasteiger partial charge in [-0.3, -0.25) is 4.79 Å². The Hall–Kier alpha value is -2.95. The van der Waals surface area contributed by atoms with Gasteiger partial charge in [-0.2, -0.15) is 0 Å². The zero-order valence-electron chi connectivity index (χ0n) is 14.5. The van der Waals surface area contributed by atoms with Crippen LogP contribution < -0.4 is 14.8 Å². The maximum Gasteiger partial charge on any atom is 0.287 e. The summed E-state index contributed by atoms with van der Waals surface area (Å²) in [5.41, 5.74) is 1.63. The fourth-order valence-corrected chi connectivity index (χ4v) is 2.58. The fraction of sp³-hybridized carbons (Fsp3) is 0.250. The number of carbonyl (C=O) groups is 1. The molecule has 0 fully saturated rings. The lowest BCUT2D eigenvalue weighted by Crippen LogP contribution is -2.36. The van der Waals surface area contributed by atoms with E-state index >= 15 is 0 Å². The van der Waals surface area contributed by atoms with Crippen LogP contribution in [-0.2, 0) is 0 Å². The van der Waals surface area contributed by atoms with Crippen LogP contribution in [0.3, 0.4) is 0 Å². The number of fused-ring (bicyclic) bond motifs is 1. The first kappa shape index (κ1) is 16.9. The molecule has 3 aromatic rings. The van der Waals surface area contributed by atoms with Crippen molar-refractivity contribution in [2.75, 3.05) is 13.7 Å². The van der Waals surface area contributed by atoms with Crippen molar-refractivity contribution in [3.63, 3.8) is 0 Å². The van der Waals surface area contributed by atoms with E-state index in [1.165, 1.54) is 0 Å². The number of carbonyl (C=O) groups excluding carboxylic acids is 1. The Morgan fingerprint density at radius 2 is 1.92 bits per heavy atom. The number of furan rings is 1. The highest BCUT2D eigenvalue weighted by Crippen LogP contribution is 2.28. The second kappa shape index (κ2) is 7.30. The number of aryl methyl sites for hydroxylation is 1. The van der Waals surface area contributed by atoms with Crippen LogP contribution in [0.5, 0.6) is 11.5 Å². The highest BCUT2D eigenvalue weighted by Gasteiger charge is 2.17. The number of hydrogen-bond donors (Lipinski definition) is 1. The highest BCUT2D eigenvalue weighted by atomic mass is 16.5. The van der Waals surface area contributed by atoms with E-state index in [2.05, 4.69) is 5.32 Å². The van der Waals surface area contributed by atoms with Gasteiger partial charge in [0.2, 0.25) is 0 Å². The molecular formula is C20H21NO4. The summed E-state index contributed by atoms with van der Waals surface area (Å²) in [5.74, 6) is 1.39. The van der Waals surface area contributed by atoms with Crippen LogP contribution in [0.25, 0.3) is 11.0 Å². The zero-order valence-corrected chi connectivity index (χ0v) is 14.5. The van der Waals surface area contributed by atoms with Crippen molar-refractivity contribution in [2.24, 2.45) is 0 Å². The minimum Gasteiger partial charge on any atom is -0.493 e. The lowest BCUT2D eigenvalue weighted by Gasteiger charge is -2.15. The van der Waals surface area contributed by atoms with Crippen molar-refractivity contribution in [3.8, 4) is 11.5 Å². The van der Waals surface area contributed by atoms with Gasteiger partial charge in [-0.1, -0.05) is 30.3 Å². The summed E-state index contributed by atoms with van der Waals surface area (Å²) >= 11 is 0. The van der Waals surface area contributed by atoms with Crippen LogP contribution in [0.15, 0.2) is 52.9 Å². The summed E-state index contributed by atoms with van der Waals surface area (Å²) in [7, 11) is 1.57. The quantitative estimate of drug-likeness (QED) is 0.739. The van der Waals surface area contributed by atoms with Crippen LogP contribution in [0.4, 0.5) is 0 Å². The number of para-hydroxylation sites is 2. The molecule has 5 nitrogen and oxygen atoms in total. The molecule has 2 aromatic carbocycles. The van der Waals surface area contributed by atoms with E-state index in [0.29, 0.717) is 17.9 Å². The highest BCUT2D eigenvalue weighted by molar-refractivity contribution is 5.97. The van der Waals surface area contributed by atoms with E-state index in [9.17, 15) is 4.79 Å². The van der Waals surface area contributed by atoms with E-state index in [1.54, 1.807) is 19.2 Å². The maximum absolute atomic E-state index is 12.4. The smallest absolute Gasteiger partial charge is 0.287 e. The van der Waals surface area contributed by atoms with Crippen LogP contribution in [0.2, 0.25) is 0 Å². The number of rotatable bonds is 6. The molecule has 1 unspecified atom stereocenters. The maximum atomic E-state index is 12.4. The van der Waals surface area contributed by atoms with Gasteiger partial charge in [-0.15, -0.1) is 0 Å². The lowest BCUT2D eigenvalue weighted by molar-refractivity contribution is 0.0900. The number of hydrogen-bond acceptors (Lipinski definition) is 4. The molecule has 1 amide bonds. The molecule has 0 radical (unpaired) electrons. The largest absolute Gasteiger partial charge is 0.493 e. The predicted molar refractivity (Wildman–Crippen MR) is 96.4 cm³/mol. The molecule has 0 spiro atoms. The van der Waals surface area contributed by atoms with Crippen molar-refractivity contribution in [3.05, 3.63) is 59.9 Å². The topological polar surface area (TPSA) is 60.7 Å². The summed E-state index contributed by atoms with van der Waals surface area (Å²) in [6, 6.07) is 14.9. The lowest BCUT2D eigenvalue weighted by atomic mass is 10.2. The molecule has 5 heteroatoms. The Morgan fingerprint density at radius 1 is 1.16 bits per heavy atom. The molecule has 0 aliphatic carbocycles. The van der Waals surface area contributed by atoms with Gasteiger partial charge >= 0.3 is 0 Å². The first-order chi connectivity index (χ1) is 12.1. The molecule has 1 N–H and O–H groups in total. The molecule has 1 heterocycles. The Bertz CT molecular complexity index is 884. The Balaban J connectivity index is 1.64. The average molecular weight is 339 g/mol. The van der Waals surface area contributed by atoms with Gasteiger partial charge in [0.05, 0.1) is 13.2 Å². The van der Waals surface area contributed by atoms with Crippen molar-refractivity contribution in [1.82, 2.24) is 5.32 Å². The van der Waals surface area contributed by atoms with Crippen molar-refractivity contribution in [1.29, 1.82) is 0 Å².